The van der Waals surface area contributed by atoms with E-state index in [-0.39, 0.29) is 18.6 Å². The van der Waals surface area contributed by atoms with Crippen LogP contribution in [-0.4, -0.2) is 24.5 Å². The third kappa shape index (κ3) is 9.68. The Bertz CT molecular complexity index is 651. The van der Waals surface area contributed by atoms with Crippen molar-refractivity contribution in [1.29, 1.82) is 0 Å². The van der Waals surface area contributed by atoms with Gasteiger partial charge in [-0.05, 0) is 42.5 Å². The van der Waals surface area contributed by atoms with Crippen LogP contribution in [0.5, 0.6) is 0 Å². The monoisotopic (exact) mass is 379 g/mol. The lowest BCUT2D eigenvalue weighted by molar-refractivity contribution is -0.146. The van der Waals surface area contributed by atoms with Crippen LogP contribution in [0, 0.1) is 17.6 Å². The molecule has 1 aromatic carbocycles. The molecule has 1 rings (SSSR count). The van der Waals surface area contributed by atoms with Crippen molar-refractivity contribution in [2.24, 2.45) is 5.92 Å². The minimum atomic E-state index is -1.06. The summed E-state index contributed by atoms with van der Waals surface area (Å²) in [5, 5.41) is 2.53. The van der Waals surface area contributed by atoms with Crippen molar-refractivity contribution in [1.82, 2.24) is 5.32 Å². The van der Waals surface area contributed by atoms with Crippen molar-refractivity contribution in [2.75, 3.05) is 6.61 Å². The summed E-state index contributed by atoms with van der Waals surface area (Å²) in [6.07, 6.45) is 7.20. The van der Waals surface area contributed by atoms with E-state index in [0.717, 1.165) is 37.5 Å². The van der Waals surface area contributed by atoms with Gasteiger partial charge in [-0.25, -0.2) is 13.6 Å². The summed E-state index contributed by atoms with van der Waals surface area (Å²) in [4.78, 5) is 24.2. The predicted molar refractivity (Wildman–Crippen MR) is 101 cm³/mol. The SMILES string of the molecule is C=CCOC(=O)[C@H](Cc1cc(F)cc(F)c1)NC(=O)/C=C/CCCC(C)C. The van der Waals surface area contributed by atoms with Crippen LogP contribution in [0.25, 0.3) is 0 Å². The number of nitrogens with one attached hydrogen (secondary N) is 1. The lowest BCUT2D eigenvalue weighted by Gasteiger charge is -2.16. The van der Waals surface area contributed by atoms with Gasteiger partial charge < -0.3 is 10.1 Å². The summed E-state index contributed by atoms with van der Waals surface area (Å²) in [6, 6.07) is 1.92. The van der Waals surface area contributed by atoms with Gasteiger partial charge in [-0.2, -0.15) is 0 Å². The average molecular weight is 379 g/mol. The molecule has 4 nitrogen and oxygen atoms in total. The van der Waals surface area contributed by atoms with Gasteiger partial charge in [0.15, 0.2) is 0 Å². The van der Waals surface area contributed by atoms with E-state index in [1.165, 1.54) is 12.2 Å². The lowest BCUT2D eigenvalue weighted by atomic mass is 10.1. The number of hydrogen-bond donors (Lipinski definition) is 1. The molecule has 148 valence electrons. The Morgan fingerprint density at radius 1 is 1.22 bits per heavy atom. The van der Waals surface area contributed by atoms with Crippen LogP contribution in [0.2, 0.25) is 0 Å². The van der Waals surface area contributed by atoms with E-state index >= 15 is 0 Å². The molecule has 1 atom stereocenters. The summed E-state index contributed by atoms with van der Waals surface area (Å²) >= 11 is 0. The fourth-order valence-corrected chi connectivity index (χ4v) is 2.45. The van der Waals surface area contributed by atoms with Crippen LogP contribution in [0.3, 0.4) is 0 Å². The molecule has 0 aliphatic rings. The molecule has 0 radical (unpaired) electrons. The largest absolute Gasteiger partial charge is 0.460 e. The van der Waals surface area contributed by atoms with E-state index in [4.69, 9.17) is 4.74 Å². The number of hydrogen-bond acceptors (Lipinski definition) is 3. The summed E-state index contributed by atoms with van der Waals surface area (Å²) < 4.78 is 31.7. The van der Waals surface area contributed by atoms with Gasteiger partial charge in [0.05, 0.1) is 0 Å². The lowest BCUT2D eigenvalue weighted by Crippen LogP contribution is -2.42. The van der Waals surface area contributed by atoms with Crippen LogP contribution in [0.4, 0.5) is 8.78 Å². The van der Waals surface area contributed by atoms with E-state index in [1.54, 1.807) is 6.08 Å². The van der Waals surface area contributed by atoms with Gasteiger partial charge in [0.25, 0.3) is 0 Å². The quantitative estimate of drug-likeness (QED) is 0.273. The molecule has 0 spiro atoms. The maximum atomic E-state index is 13.4. The number of allylic oxidation sites excluding steroid dienone is 1. The third-order valence-electron chi connectivity index (χ3n) is 3.73. The number of unbranched alkanes of at least 4 members (excludes halogenated alkanes) is 1. The Balaban J connectivity index is 2.73. The Kier molecular flexibility index (Phi) is 10.0. The number of ether oxygens (including phenoxy) is 1. The molecule has 1 aromatic rings. The van der Waals surface area contributed by atoms with E-state index in [1.807, 2.05) is 0 Å². The molecule has 6 heteroatoms. The molecule has 0 saturated carbocycles. The first-order chi connectivity index (χ1) is 12.8. The van der Waals surface area contributed by atoms with Crippen molar-refractivity contribution in [3.05, 3.63) is 60.2 Å². The highest BCUT2D eigenvalue weighted by Gasteiger charge is 2.22. The molecular formula is C21H27F2NO3. The predicted octanol–water partition coefficient (Wildman–Crippen LogP) is 4.10. The smallest absolute Gasteiger partial charge is 0.329 e. The molecule has 1 N–H and O–H groups in total. The summed E-state index contributed by atoms with van der Waals surface area (Å²) in [6.45, 7) is 7.70. The van der Waals surface area contributed by atoms with Crippen LogP contribution in [-0.2, 0) is 20.7 Å². The number of esters is 1. The van der Waals surface area contributed by atoms with Crippen molar-refractivity contribution in [3.8, 4) is 0 Å². The first-order valence-electron chi connectivity index (χ1n) is 9.01. The zero-order valence-corrected chi connectivity index (χ0v) is 15.8. The van der Waals surface area contributed by atoms with E-state index in [2.05, 4.69) is 25.7 Å². The number of rotatable bonds is 11. The average Bonchev–Trinajstić information content (AvgIpc) is 2.57. The summed E-state index contributed by atoms with van der Waals surface area (Å²) in [5.41, 5.74) is 0.245. The van der Waals surface area contributed by atoms with Crippen molar-refractivity contribution >= 4 is 11.9 Å². The second-order valence-electron chi connectivity index (χ2n) is 6.69. The van der Waals surface area contributed by atoms with Gasteiger partial charge in [-0.3, -0.25) is 4.79 Å². The van der Waals surface area contributed by atoms with E-state index < -0.39 is 29.6 Å². The highest BCUT2D eigenvalue weighted by Crippen LogP contribution is 2.11. The first-order valence-corrected chi connectivity index (χ1v) is 9.01. The molecule has 0 aliphatic carbocycles. The number of carbonyl (C=O) groups excluding carboxylic acids is 2. The molecular weight excluding hydrogens is 352 g/mol. The summed E-state index contributed by atoms with van der Waals surface area (Å²) in [7, 11) is 0. The van der Waals surface area contributed by atoms with Crippen LogP contribution >= 0.6 is 0 Å². The summed E-state index contributed by atoms with van der Waals surface area (Å²) in [5.74, 6) is -2.06. The zero-order chi connectivity index (χ0) is 20.2. The first kappa shape index (κ1) is 22.5. The molecule has 0 heterocycles. The molecule has 1 amide bonds. The van der Waals surface area contributed by atoms with E-state index in [0.29, 0.717) is 5.92 Å². The molecule has 0 aromatic heterocycles. The molecule has 0 bridgehead atoms. The Morgan fingerprint density at radius 3 is 2.48 bits per heavy atom. The third-order valence-corrected chi connectivity index (χ3v) is 3.73. The Morgan fingerprint density at radius 2 is 1.89 bits per heavy atom. The van der Waals surface area contributed by atoms with Gasteiger partial charge in [-0.15, -0.1) is 0 Å². The molecule has 27 heavy (non-hydrogen) atoms. The zero-order valence-electron chi connectivity index (χ0n) is 15.8. The van der Waals surface area contributed by atoms with Crippen LogP contribution in [0.1, 0.15) is 38.7 Å². The minimum absolute atomic E-state index is 0.0201. The van der Waals surface area contributed by atoms with Gasteiger partial charge in [0.2, 0.25) is 5.91 Å². The standard InChI is InChI=1S/C21H27F2NO3/c1-4-10-27-21(26)19(13-16-11-17(22)14-18(23)12-16)24-20(25)9-7-5-6-8-15(2)3/h4,7,9,11-12,14-15,19H,1,5-6,8,10,13H2,2-3H3,(H,24,25)/b9-7+/t19-/m0/s1. The van der Waals surface area contributed by atoms with E-state index in [9.17, 15) is 18.4 Å². The van der Waals surface area contributed by atoms with Gasteiger partial charge in [-0.1, -0.05) is 39.0 Å². The van der Waals surface area contributed by atoms with Crippen molar-refractivity contribution in [3.63, 3.8) is 0 Å². The molecule has 0 unspecified atom stereocenters. The number of amides is 1. The van der Waals surface area contributed by atoms with Gasteiger partial charge in [0.1, 0.15) is 24.3 Å². The maximum absolute atomic E-state index is 13.4. The highest BCUT2D eigenvalue weighted by atomic mass is 19.1. The number of halogens is 2. The Hall–Kier alpha value is -2.50. The fraction of sp³-hybridized carbons (Fsp3) is 0.429. The van der Waals surface area contributed by atoms with Gasteiger partial charge in [0, 0.05) is 12.5 Å². The Labute approximate surface area is 159 Å². The van der Waals surface area contributed by atoms with Gasteiger partial charge >= 0.3 is 5.97 Å². The van der Waals surface area contributed by atoms with Crippen LogP contribution < -0.4 is 5.32 Å². The van der Waals surface area contributed by atoms with Crippen molar-refractivity contribution in [2.45, 2.75) is 45.6 Å². The topological polar surface area (TPSA) is 55.4 Å². The number of benzene rings is 1. The highest BCUT2D eigenvalue weighted by molar-refractivity contribution is 5.91. The fourth-order valence-electron chi connectivity index (χ4n) is 2.45. The van der Waals surface area contributed by atoms with Crippen LogP contribution in [0.15, 0.2) is 43.0 Å². The molecule has 0 aliphatic heterocycles. The minimum Gasteiger partial charge on any atom is -0.460 e. The number of carbonyl (C=O) groups is 2. The maximum Gasteiger partial charge on any atom is 0.329 e. The molecule has 0 fully saturated rings. The normalized spacial score (nSPS) is 12.2. The van der Waals surface area contributed by atoms with Crippen molar-refractivity contribution < 1.29 is 23.1 Å². The molecule has 0 saturated heterocycles. The second kappa shape index (κ2) is 12.0. The second-order valence-corrected chi connectivity index (χ2v) is 6.69.